The Bertz CT molecular complexity index is 1000. The molecule has 0 radical (unpaired) electrons. The largest absolute Gasteiger partial charge is 0.591 e. The average Bonchev–Trinajstić information content (AvgIpc) is 2.67. The number of pyridine rings is 1. The molecule has 2 aromatic rings. The summed E-state index contributed by atoms with van der Waals surface area (Å²) in [6.07, 6.45) is 0. The van der Waals surface area contributed by atoms with Crippen LogP contribution in [0.15, 0.2) is 16.5 Å². The summed E-state index contributed by atoms with van der Waals surface area (Å²) in [4.78, 5) is 7.06. The van der Waals surface area contributed by atoms with Gasteiger partial charge in [-0.05, 0) is 46.8 Å². The van der Waals surface area contributed by atoms with Crippen LogP contribution < -0.4 is 4.90 Å². The fourth-order valence-electron chi connectivity index (χ4n) is 3.23. The Morgan fingerprint density at radius 1 is 1.34 bits per heavy atom. The molecule has 0 spiro atoms. The van der Waals surface area contributed by atoms with E-state index in [2.05, 4.69) is 15.4 Å². The highest BCUT2D eigenvalue weighted by molar-refractivity contribution is 7.91. The number of halogens is 1. The molecular formula is C21H25ClN4O2S. The number of fused-ring (bicyclic) bond motifs is 1. The van der Waals surface area contributed by atoms with Gasteiger partial charge in [-0.15, -0.1) is 0 Å². The summed E-state index contributed by atoms with van der Waals surface area (Å²) in [5, 5.41) is 11.0. The van der Waals surface area contributed by atoms with Crippen molar-refractivity contribution in [1.82, 2.24) is 4.98 Å². The fourth-order valence-corrected chi connectivity index (χ4v) is 4.07. The second-order valence-electron chi connectivity index (χ2n) is 8.03. The van der Waals surface area contributed by atoms with Gasteiger partial charge in [-0.1, -0.05) is 16.0 Å². The number of anilines is 1. The maximum absolute atomic E-state index is 12.6. The maximum atomic E-state index is 12.6. The second-order valence-corrected chi connectivity index (χ2v) is 10.4. The van der Waals surface area contributed by atoms with Gasteiger partial charge >= 0.3 is 0 Å². The number of ether oxygens (including phenoxy) is 1. The van der Waals surface area contributed by atoms with E-state index in [4.69, 9.17) is 21.3 Å². The molecule has 1 atom stereocenters. The quantitative estimate of drug-likeness (QED) is 0.536. The first kappa shape index (κ1) is 21.8. The Labute approximate surface area is 179 Å². The van der Waals surface area contributed by atoms with E-state index in [-0.39, 0.29) is 0 Å². The van der Waals surface area contributed by atoms with Gasteiger partial charge in [0.05, 0.1) is 30.0 Å². The van der Waals surface area contributed by atoms with Crippen molar-refractivity contribution in [3.8, 4) is 6.07 Å². The summed E-state index contributed by atoms with van der Waals surface area (Å²) in [7, 11) is 0. The molecule has 1 aromatic heterocycles. The minimum Gasteiger partial charge on any atom is -0.591 e. The van der Waals surface area contributed by atoms with Crippen molar-refractivity contribution in [3.63, 3.8) is 0 Å². The van der Waals surface area contributed by atoms with E-state index in [1.54, 1.807) is 19.1 Å². The molecule has 2 heterocycles. The first-order valence-electron chi connectivity index (χ1n) is 9.47. The number of aromatic nitrogens is 1. The van der Waals surface area contributed by atoms with Crippen LogP contribution in [0.3, 0.4) is 0 Å². The molecular weight excluding hydrogens is 408 g/mol. The molecule has 0 bridgehead atoms. The molecule has 0 N–H and O–H groups in total. The van der Waals surface area contributed by atoms with Gasteiger partial charge in [0.1, 0.15) is 28.0 Å². The molecule has 1 aliphatic heterocycles. The number of nitriles is 1. The number of nitrogens with zero attached hydrogens (tertiary/aromatic N) is 4. The van der Waals surface area contributed by atoms with Crippen molar-refractivity contribution in [1.29, 1.82) is 5.26 Å². The van der Waals surface area contributed by atoms with Gasteiger partial charge in [-0.3, -0.25) is 0 Å². The van der Waals surface area contributed by atoms with Crippen LogP contribution in [-0.4, -0.2) is 46.3 Å². The lowest BCUT2D eigenvalue weighted by Crippen LogP contribution is -2.37. The highest BCUT2D eigenvalue weighted by atomic mass is 35.5. The fraction of sp³-hybridized carbons (Fsp3) is 0.476. The average molecular weight is 433 g/mol. The van der Waals surface area contributed by atoms with Gasteiger partial charge in [0.2, 0.25) is 0 Å². The van der Waals surface area contributed by atoms with Crippen LogP contribution in [-0.2, 0) is 16.1 Å². The second kappa shape index (κ2) is 8.49. The molecule has 3 rings (SSSR count). The SMILES string of the molecule is CC(=N[S+]([O-])C(C)(C)C)c1cc(Cl)cc2c(C#N)c(C)c(N3CCOCC3)nc12. The van der Waals surface area contributed by atoms with Crippen LogP contribution in [0.25, 0.3) is 10.9 Å². The molecule has 1 aliphatic rings. The van der Waals surface area contributed by atoms with Gasteiger partial charge in [-0.25, -0.2) is 4.98 Å². The molecule has 0 saturated carbocycles. The molecule has 0 amide bonds. The summed E-state index contributed by atoms with van der Waals surface area (Å²) in [5.74, 6) is 0.769. The molecule has 29 heavy (non-hydrogen) atoms. The number of morpholine rings is 1. The molecule has 8 heteroatoms. The van der Waals surface area contributed by atoms with Crippen molar-refractivity contribution in [3.05, 3.63) is 33.8 Å². The maximum Gasteiger partial charge on any atom is 0.144 e. The first-order chi connectivity index (χ1) is 13.6. The van der Waals surface area contributed by atoms with Crippen molar-refractivity contribution in [2.24, 2.45) is 4.40 Å². The van der Waals surface area contributed by atoms with Gasteiger partial charge in [0, 0.05) is 34.6 Å². The summed E-state index contributed by atoms with van der Waals surface area (Å²) < 4.78 is 21.9. The lowest BCUT2D eigenvalue weighted by Gasteiger charge is -2.30. The number of rotatable bonds is 3. The zero-order valence-corrected chi connectivity index (χ0v) is 18.9. The van der Waals surface area contributed by atoms with E-state index in [1.807, 2.05) is 27.7 Å². The number of benzene rings is 1. The molecule has 1 fully saturated rings. The van der Waals surface area contributed by atoms with E-state index in [1.165, 1.54) is 0 Å². The van der Waals surface area contributed by atoms with Gasteiger partial charge < -0.3 is 14.2 Å². The Balaban J connectivity index is 2.25. The third kappa shape index (κ3) is 4.51. The summed E-state index contributed by atoms with van der Waals surface area (Å²) in [5.41, 5.74) is 3.29. The van der Waals surface area contributed by atoms with Crippen LogP contribution >= 0.6 is 11.6 Å². The van der Waals surface area contributed by atoms with Crippen molar-refractivity contribution < 1.29 is 9.29 Å². The summed E-state index contributed by atoms with van der Waals surface area (Å²) >= 11 is 4.96. The highest BCUT2D eigenvalue weighted by Gasteiger charge is 2.28. The van der Waals surface area contributed by atoms with E-state index < -0.39 is 16.1 Å². The van der Waals surface area contributed by atoms with Crippen LogP contribution in [0.5, 0.6) is 0 Å². The molecule has 1 unspecified atom stereocenters. The van der Waals surface area contributed by atoms with E-state index in [9.17, 15) is 9.81 Å². The summed E-state index contributed by atoms with van der Waals surface area (Å²) in [6.45, 7) is 12.0. The molecule has 0 aliphatic carbocycles. The molecule has 6 nitrogen and oxygen atoms in total. The zero-order valence-electron chi connectivity index (χ0n) is 17.4. The topological polar surface area (TPSA) is 84.6 Å². The van der Waals surface area contributed by atoms with Gasteiger partial charge in [-0.2, -0.15) is 5.26 Å². The van der Waals surface area contributed by atoms with Crippen LogP contribution in [0.2, 0.25) is 5.02 Å². The van der Waals surface area contributed by atoms with Gasteiger partial charge in [0.25, 0.3) is 0 Å². The van der Waals surface area contributed by atoms with E-state index in [0.29, 0.717) is 59.1 Å². The highest BCUT2D eigenvalue weighted by Crippen LogP contribution is 2.33. The van der Waals surface area contributed by atoms with Crippen LogP contribution in [0, 0.1) is 18.3 Å². The van der Waals surface area contributed by atoms with Crippen molar-refractivity contribution in [2.75, 3.05) is 31.2 Å². The first-order valence-corrected chi connectivity index (χ1v) is 11.0. The smallest absolute Gasteiger partial charge is 0.144 e. The predicted molar refractivity (Wildman–Crippen MR) is 119 cm³/mol. The van der Waals surface area contributed by atoms with E-state index >= 15 is 0 Å². The lowest BCUT2D eigenvalue weighted by atomic mass is 9.99. The van der Waals surface area contributed by atoms with E-state index in [0.717, 1.165) is 11.4 Å². The Kier molecular flexibility index (Phi) is 6.39. The van der Waals surface area contributed by atoms with Crippen molar-refractivity contribution in [2.45, 2.75) is 39.4 Å². The zero-order chi connectivity index (χ0) is 21.3. The summed E-state index contributed by atoms with van der Waals surface area (Å²) in [6, 6.07) is 5.85. The predicted octanol–water partition coefficient (Wildman–Crippen LogP) is 4.18. The Morgan fingerprint density at radius 3 is 2.59 bits per heavy atom. The number of hydrogen-bond acceptors (Lipinski definition) is 6. The third-order valence-corrected chi connectivity index (χ3v) is 6.53. The molecule has 1 saturated heterocycles. The van der Waals surface area contributed by atoms with Gasteiger partial charge in [0.15, 0.2) is 0 Å². The minimum absolute atomic E-state index is 0.476. The Hall–Kier alpha value is -1.85. The van der Waals surface area contributed by atoms with Crippen molar-refractivity contribution >= 4 is 45.4 Å². The standard InChI is InChI=1S/C21H25ClN4O2S/c1-13-18(12-23)17-11-15(22)10-16(14(2)25-29(27)21(3,4)5)19(17)24-20(13)26-6-8-28-9-7-26/h10-11H,6-9H2,1-5H3. The number of hydrogen-bond donors (Lipinski definition) is 0. The molecule has 154 valence electrons. The Morgan fingerprint density at radius 2 is 2.00 bits per heavy atom. The lowest BCUT2D eigenvalue weighted by molar-refractivity contribution is 0.122. The normalized spacial score (nSPS) is 16.8. The van der Waals surface area contributed by atoms with Crippen LogP contribution in [0.4, 0.5) is 5.82 Å². The third-order valence-electron chi connectivity index (χ3n) is 4.83. The van der Waals surface area contributed by atoms with Crippen LogP contribution in [0.1, 0.15) is 44.4 Å². The monoisotopic (exact) mass is 432 g/mol. The minimum atomic E-state index is -1.41. The molecule has 1 aromatic carbocycles.